The topological polar surface area (TPSA) is 58.6 Å². The van der Waals surface area contributed by atoms with E-state index < -0.39 is 35.1 Å². The molecule has 7 heteroatoms. The Balaban J connectivity index is 1.75. The summed E-state index contributed by atoms with van der Waals surface area (Å²) in [6.45, 7) is 3.65. The van der Waals surface area contributed by atoms with Crippen molar-refractivity contribution in [2.75, 3.05) is 16.8 Å². The number of anilines is 2. The van der Waals surface area contributed by atoms with Crippen molar-refractivity contribution < 1.29 is 23.1 Å². The van der Waals surface area contributed by atoms with Gasteiger partial charge in [-0.05, 0) is 38.1 Å². The van der Waals surface area contributed by atoms with E-state index in [0.29, 0.717) is 11.4 Å². The predicted octanol–water partition coefficient (Wildman–Crippen LogP) is 3.74. The number of ether oxygens (including phenoxy) is 1. The summed E-state index contributed by atoms with van der Waals surface area (Å²) in [4.78, 5) is 25.9. The van der Waals surface area contributed by atoms with Gasteiger partial charge in [0.05, 0.1) is 17.7 Å². The van der Waals surface area contributed by atoms with Crippen molar-refractivity contribution >= 4 is 23.2 Å². The second-order valence-electron chi connectivity index (χ2n) is 6.63. The summed E-state index contributed by atoms with van der Waals surface area (Å²) >= 11 is 0. The zero-order valence-corrected chi connectivity index (χ0v) is 15.0. The minimum atomic E-state index is -0.833. The van der Waals surface area contributed by atoms with Crippen molar-refractivity contribution in [2.45, 2.75) is 26.4 Å². The van der Waals surface area contributed by atoms with Crippen molar-refractivity contribution in [3.05, 3.63) is 54.1 Å². The highest BCUT2D eigenvalue weighted by atomic mass is 19.1. The summed E-state index contributed by atoms with van der Waals surface area (Å²) < 4.78 is 33.6. The Bertz CT molecular complexity index is 850. The van der Waals surface area contributed by atoms with Crippen LogP contribution in [0.5, 0.6) is 5.75 Å². The molecule has 1 aliphatic heterocycles. The molecule has 0 aromatic heterocycles. The van der Waals surface area contributed by atoms with Crippen molar-refractivity contribution in [1.29, 1.82) is 0 Å². The standard InChI is InChI=1S/C20H20F2N2O3/c1-12(2)27-17-9-4-3-8-16(17)23-20(26)13-10-18(25)24(11-13)19-14(21)6-5-7-15(19)22/h3-9,12-13H,10-11H2,1-2H3,(H,23,26). The number of para-hydroxylation sites is 3. The lowest BCUT2D eigenvalue weighted by Gasteiger charge is -2.19. The predicted molar refractivity (Wildman–Crippen MR) is 97.7 cm³/mol. The molecule has 2 aromatic carbocycles. The monoisotopic (exact) mass is 374 g/mol. The van der Waals surface area contributed by atoms with E-state index in [0.717, 1.165) is 17.0 Å². The van der Waals surface area contributed by atoms with Crippen molar-refractivity contribution in [1.82, 2.24) is 0 Å². The third kappa shape index (κ3) is 4.07. The van der Waals surface area contributed by atoms with Gasteiger partial charge in [0, 0.05) is 13.0 Å². The van der Waals surface area contributed by atoms with Gasteiger partial charge < -0.3 is 15.0 Å². The zero-order chi connectivity index (χ0) is 19.6. The smallest absolute Gasteiger partial charge is 0.229 e. The molecule has 5 nitrogen and oxygen atoms in total. The number of halogens is 2. The van der Waals surface area contributed by atoms with Crippen LogP contribution in [0.1, 0.15) is 20.3 Å². The van der Waals surface area contributed by atoms with Crippen LogP contribution in [0.4, 0.5) is 20.2 Å². The average Bonchev–Trinajstić information content (AvgIpc) is 2.98. The number of nitrogens with one attached hydrogen (secondary N) is 1. The maximum Gasteiger partial charge on any atom is 0.229 e. The van der Waals surface area contributed by atoms with Gasteiger partial charge in [-0.3, -0.25) is 9.59 Å². The lowest BCUT2D eigenvalue weighted by molar-refractivity contribution is -0.122. The first-order chi connectivity index (χ1) is 12.9. The van der Waals surface area contributed by atoms with E-state index in [-0.39, 0.29) is 19.1 Å². The molecule has 1 N–H and O–H groups in total. The summed E-state index contributed by atoms with van der Waals surface area (Å²) in [6, 6.07) is 10.4. The Morgan fingerprint density at radius 3 is 2.48 bits per heavy atom. The van der Waals surface area contributed by atoms with Crippen LogP contribution >= 0.6 is 0 Å². The fourth-order valence-electron chi connectivity index (χ4n) is 3.01. The molecule has 1 atom stereocenters. The highest BCUT2D eigenvalue weighted by Crippen LogP contribution is 2.31. The van der Waals surface area contributed by atoms with Gasteiger partial charge in [-0.15, -0.1) is 0 Å². The van der Waals surface area contributed by atoms with Gasteiger partial charge in [-0.2, -0.15) is 0 Å². The van der Waals surface area contributed by atoms with Crippen LogP contribution in [0.15, 0.2) is 42.5 Å². The molecule has 2 amide bonds. The molecule has 0 aliphatic carbocycles. The molecule has 0 bridgehead atoms. The number of nitrogens with zero attached hydrogens (tertiary/aromatic N) is 1. The summed E-state index contributed by atoms with van der Waals surface area (Å²) in [5.74, 6) is -2.76. The van der Waals surface area contributed by atoms with E-state index in [9.17, 15) is 18.4 Å². The summed E-state index contributed by atoms with van der Waals surface area (Å²) in [5, 5.41) is 2.75. The molecule has 2 aromatic rings. The number of carbonyl (C=O) groups excluding carboxylic acids is 2. The van der Waals surface area contributed by atoms with E-state index in [1.165, 1.54) is 6.07 Å². The largest absolute Gasteiger partial charge is 0.489 e. The Kier molecular flexibility index (Phi) is 5.39. The van der Waals surface area contributed by atoms with Crippen LogP contribution in [0.2, 0.25) is 0 Å². The van der Waals surface area contributed by atoms with E-state index in [2.05, 4.69) is 5.32 Å². The minimum absolute atomic E-state index is 0.0735. The fourth-order valence-corrected chi connectivity index (χ4v) is 3.01. The van der Waals surface area contributed by atoms with E-state index >= 15 is 0 Å². The summed E-state index contributed by atoms with van der Waals surface area (Å²) in [7, 11) is 0. The molecule has 0 radical (unpaired) electrons. The highest BCUT2D eigenvalue weighted by Gasteiger charge is 2.37. The van der Waals surface area contributed by atoms with Crippen molar-refractivity contribution in [2.24, 2.45) is 5.92 Å². The van der Waals surface area contributed by atoms with Crippen molar-refractivity contribution in [3.63, 3.8) is 0 Å². The second-order valence-corrected chi connectivity index (χ2v) is 6.63. The van der Waals surface area contributed by atoms with E-state index in [4.69, 9.17) is 4.74 Å². The normalized spacial score (nSPS) is 16.7. The zero-order valence-electron chi connectivity index (χ0n) is 15.0. The molecule has 142 valence electrons. The SMILES string of the molecule is CC(C)Oc1ccccc1NC(=O)C1CC(=O)N(c2c(F)cccc2F)C1. The van der Waals surface area contributed by atoms with Crippen LogP contribution in [0.3, 0.4) is 0 Å². The first kappa shape index (κ1) is 18.8. The van der Waals surface area contributed by atoms with Gasteiger partial charge in [-0.25, -0.2) is 8.78 Å². The Morgan fingerprint density at radius 1 is 1.15 bits per heavy atom. The molecule has 0 spiro atoms. The summed E-state index contributed by atoms with van der Waals surface area (Å²) in [6.07, 6.45) is -0.192. The maximum absolute atomic E-state index is 14.0. The Morgan fingerprint density at radius 2 is 1.81 bits per heavy atom. The first-order valence-electron chi connectivity index (χ1n) is 8.67. The second kappa shape index (κ2) is 7.73. The average molecular weight is 374 g/mol. The van der Waals surface area contributed by atoms with E-state index in [1.54, 1.807) is 24.3 Å². The van der Waals surface area contributed by atoms with Gasteiger partial charge in [0.2, 0.25) is 11.8 Å². The molecule has 1 saturated heterocycles. The maximum atomic E-state index is 14.0. The molecule has 0 saturated carbocycles. The first-order valence-corrected chi connectivity index (χ1v) is 8.67. The van der Waals surface area contributed by atoms with Crippen LogP contribution in [-0.2, 0) is 9.59 Å². The van der Waals surface area contributed by atoms with Crippen LogP contribution < -0.4 is 15.0 Å². The molecule has 3 rings (SSSR count). The van der Waals surface area contributed by atoms with Gasteiger partial charge in [0.1, 0.15) is 23.1 Å². The molecule has 1 aliphatic rings. The lowest BCUT2D eigenvalue weighted by Crippen LogP contribution is -2.29. The minimum Gasteiger partial charge on any atom is -0.489 e. The Hall–Kier alpha value is -2.96. The third-order valence-electron chi connectivity index (χ3n) is 4.21. The van der Waals surface area contributed by atoms with Crippen LogP contribution in [0, 0.1) is 17.6 Å². The highest BCUT2D eigenvalue weighted by molar-refractivity contribution is 6.04. The molecule has 1 heterocycles. The summed E-state index contributed by atoms with van der Waals surface area (Å²) in [5.41, 5.74) is 0.0699. The molecule has 1 fully saturated rings. The van der Waals surface area contributed by atoms with Gasteiger partial charge in [0.15, 0.2) is 0 Å². The molecular formula is C20H20F2N2O3. The molecule has 27 heavy (non-hydrogen) atoms. The quantitative estimate of drug-likeness (QED) is 0.867. The van der Waals surface area contributed by atoms with Gasteiger partial charge >= 0.3 is 0 Å². The number of amides is 2. The number of hydrogen-bond acceptors (Lipinski definition) is 3. The number of rotatable bonds is 5. The van der Waals surface area contributed by atoms with E-state index in [1.807, 2.05) is 13.8 Å². The third-order valence-corrected chi connectivity index (χ3v) is 4.21. The van der Waals surface area contributed by atoms with Crippen molar-refractivity contribution in [3.8, 4) is 5.75 Å². The number of carbonyl (C=O) groups is 2. The van der Waals surface area contributed by atoms with Crippen LogP contribution in [-0.4, -0.2) is 24.5 Å². The van der Waals surface area contributed by atoms with Gasteiger partial charge in [-0.1, -0.05) is 18.2 Å². The number of benzene rings is 2. The molecule has 1 unspecified atom stereocenters. The number of hydrogen-bond donors (Lipinski definition) is 1. The lowest BCUT2D eigenvalue weighted by atomic mass is 10.1. The van der Waals surface area contributed by atoms with Crippen LogP contribution in [0.25, 0.3) is 0 Å². The Labute approximate surface area is 155 Å². The fraction of sp³-hybridized carbons (Fsp3) is 0.300. The van der Waals surface area contributed by atoms with Gasteiger partial charge in [0.25, 0.3) is 0 Å². The molecular weight excluding hydrogens is 354 g/mol.